The van der Waals surface area contributed by atoms with Crippen LogP contribution in [-0.2, 0) is 10.9 Å². The summed E-state index contributed by atoms with van der Waals surface area (Å²) in [6.45, 7) is 0.254. The van der Waals surface area contributed by atoms with Gasteiger partial charge in [0, 0.05) is 13.2 Å². The summed E-state index contributed by atoms with van der Waals surface area (Å²) in [4.78, 5) is 0. The number of hydrogen-bond donors (Lipinski definition) is 2. The van der Waals surface area contributed by atoms with Gasteiger partial charge < -0.3 is 15.2 Å². The number of aliphatic hydroxyl groups is 1. The Hall–Kier alpha value is -1.11. The maximum Gasteiger partial charge on any atom is 0.416 e. The molecule has 2 rings (SSSR count). The van der Waals surface area contributed by atoms with Crippen molar-refractivity contribution in [2.24, 2.45) is 0 Å². The van der Waals surface area contributed by atoms with Gasteiger partial charge in [-0.3, -0.25) is 0 Å². The quantitative estimate of drug-likeness (QED) is 0.876. The van der Waals surface area contributed by atoms with Crippen molar-refractivity contribution in [3.8, 4) is 0 Å². The number of halogens is 3. The summed E-state index contributed by atoms with van der Waals surface area (Å²) in [7, 11) is 1.51. The lowest BCUT2D eigenvalue weighted by Gasteiger charge is -2.32. The highest BCUT2D eigenvalue weighted by atomic mass is 19.4. The molecule has 0 amide bonds. The van der Waals surface area contributed by atoms with Crippen LogP contribution in [0.4, 0.5) is 13.2 Å². The molecule has 1 aromatic carbocycles. The molecule has 1 saturated carbocycles. The van der Waals surface area contributed by atoms with E-state index in [0.717, 1.165) is 37.8 Å². The highest BCUT2D eigenvalue weighted by Crippen LogP contribution is 2.31. The van der Waals surface area contributed by atoms with Crippen LogP contribution in [0.5, 0.6) is 0 Å². The van der Waals surface area contributed by atoms with E-state index in [2.05, 4.69) is 5.32 Å². The summed E-state index contributed by atoms with van der Waals surface area (Å²) in [5.41, 5.74) is -0.147. The van der Waals surface area contributed by atoms with E-state index in [1.165, 1.54) is 13.2 Å². The molecule has 1 aromatic rings. The molecule has 124 valence electrons. The van der Waals surface area contributed by atoms with Gasteiger partial charge in [0.1, 0.15) is 0 Å². The van der Waals surface area contributed by atoms with E-state index >= 15 is 0 Å². The SMILES string of the molecule is COCC(NC1CCCCC1O)c1cccc(C(F)(F)F)c1. The molecule has 3 atom stereocenters. The Morgan fingerprint density at radius 2 is 2.05 bits per heavy atom. The van der Waals surface area contributed by atoms with E-state index < -0.39 is 17.8 Å². The minimum Gasteiger partial charge on any atom is -0.392 e. The number of ether oxygens (including phenoxy) is 1. The van der Waals surface area contributed by atoms with Crippen molar-refractivity contribution in [3.05, 3.63) is 35.4 Å². The zero-order chi connectivity index (χ0) is 16.2. The van der Waals surface area contributed by atoms with Crippen LogP contribution in [0.2, 0.25) is 0 Å². The van der Waals surface area contributed by atoms with E-state index in [1.807, 2.05) is 0 Å². The van der Waals surface area contributed by atoms with Crippen molar-refractivity contribution in [3.63, 3.8) is 0 Å². The molecule has 6 heteroatoms. The van der Waals surface area contributed by atoms with Crippen molar-refractivity contribution >= 4 is 0 Å². The number of alkyl halides is 3. The molecular weight excluding hydrogens is 295 g/mol. The lowest BCUT2D eigenvalue weighted by Crippen LogP contribution is -2.44. The molecule has 22 heavy (non-hydrogen) atoms. The second-order valence-electron chi connectivity index (χ2n) is 5.76. The lowest BCUT2D eigenvalue weighted by molar-refractivity contribution is -0.137. The van der Waals surface area contributed by atoms with Gasteiger partial charge in [-0.25, -0.2) is 0 Å². The zero-order valence-electron chi connectivity index (χ0n) is 12.6. The second kappa shape index (κ2) is 7.44. The molecule has 0 heterocycles. The smallest absolute Gasteiger partial charge is 0.392 e. The molecule has 2 N–H and O–H groups in total. The number of nitrogens with one attached hydrogen (secondary N) is 1. The molecule has 0 spiro atoms. The minimum atomic E-state index is -4.36. The molecule has 3 nitrogen and oxygen atoms in total. The first-order valence-electron chi connectivity index (χ1n) is 7.52. The number of hydrogen-bond acceptors (Lipinski definition) is 3. The Balaban J connectivity index is 2.16. The molecular formula is C16H22F3NO2. The molecule has 0 radical (unpaired) electrons. The van der Waals surface area contributed by atoms with Gasteiger partial charge in [0.25, 0.3) is 0 Å². The van der Waals surface area contributed by atoms with E-state index in [0.29, 0.717) is 5.56 Å². The predicted octanol–water partition coefficient (Wildman–Crippen LogP) is 3.29. The first-order chi connectivity index (χ1) is 10.4. The Morgan fingerprint density at radius 3 is 2.68 bits per heavy atom. The normalized spacial score (nSPS) is 24.2. The highest BCUT2D eigenvalue weighted by molar-refractivity contribution is 5.28. The summed E-state index contributed by atoms with van der Waals surface area (Å²) in [5.74, 6) is 0. The maximum absolute atomic E-state index is 12.8. The van der Waals surface area contributed by atoms with Gasteiger partial charge in [-0.1, -0.05) is 25.0 Å². The van der Waals surface area contributed by atoms with Crippen molar-refractivity contribution in [2.75, 3.05) is 13.7 Å². The Morgan fingerprint density at radius 1 is 1.32 bits per heavy atom. The third-order valence-electron chi connectivity index (χ3n) is 4.09. The molecule has 1 fully saturated rings. The zero-order valence-corrected chi connectivity index (χ0v) is 12.6. The monoisotopic (exact) mass is 317 g/mol. The van der Waals surface area contributed by atoms with Gasteiger partial charge in [-0.15, -0.1) is 0 Å². The first kappa shape index (κ1) is 17.2. The minimum absolute atomic E-state index is 0.108. The maximum atomic E-state index is 12.8. The van der Waals surface area contributed by atoms with Gasteiger partial charge in [0.15, 0.2) is 0 Å². The molecule has 1 aliphatic carbocycles. The topological polar surface area (TPSA) is 41.5 Å². The van der Waals surface area contributed by atoms with Gasteiger partial charge >= 0.3 is 6.18 Å². The average Bonchev–Trinajstić information content (AvgIpc) is 2.48. The van der Waals surface area contributed by atoms with Crippen LogP contribution < -0.4 is 5.32 Å². The lowest BCUT2D eigenvalue weighted by atomic mass is 9.91. The number of aliphatic hydroxyl groups excluding tert-OH is 1. The van der Waals surface area contributed by atoms with Crippen LogP contribution in [-0.4, -0.2) is 31.0 Å². The molecule has 1 aliphatic rings. The van der Waals surface area contributed by atoms with E-state index in [1.54, 1.807) is 6.07 Å². The largest absolute Gasteiger partial charge is 0.416 e. The van der Waals surface area contributed by atoms with E-state index in [4.69, 9.17) is 4.74 Å². The van der Waals surface area contributed by atoms with Crippen LogP contribution in [0, 0.1) is 0 Å². The fraction of sp³-hybridized carbons (Fsp3) is 0.625. The average molecular weight is 317 g/mol. The number of rotatable bonds is 5. The molecule has 3 unspecified atom stereocenters. The van der Waals surface area contributed by atoms with E-state index in [-0.39, 0.29) is 18.7 Å². The first-order valence-corrected chi connectivity index (χ1v) is 7.52. The van der Waals surface area contributed by atoms with Crippen molar-refractivity contribution in [1.82, 2.24) is 5.32 Å². The Bertz CT molecular complexity index is 479. The summed E-state index contributed by atoms with van der Waals surface area (Å²) < 4.78 is 43.7. The van der Waals surface area contributed by atoms with Crippen LogP contribution in [0.25, 0.3) is 0 Å². The van der Waals surface area contributed by atoms with Gasteiger partial charge in [0.05, 0.1) is 24.3 Å². The summed E-state index contributed by atoms with van der Waals surface area (Å²) in [6, 6.07) is 4.78. The van der Waals surface area contributed by atoms with Crippen molar-refractivity contribution in [1.29, 1.82) is 0 Å². The molecule has 0 bridgehead atoms. The van der Waals surface area contributed by atoms with Gasteiger partial charge in [-0.2, -0.15) is 13.2 Å². The van der Waals surface area contributed by atoms with Gasteiger partial charge in [-0.05, 0) is 30.5 Å². The van der Waals surface area contributed by atoms with E-state index in [9.17, 15) is 18.3 Å². The third-order valence-corrected chi connectivity index (χ3v) is 4.09. The standard InChI is InChI=1S/C16H22F3NO2/c1-22-10-14(20-13-7-2-3-8-15(13)21)11-5-4-6-12(9-11)16(17,18)19/h4-6,9,13-15,20-21H,2-3,7-8,10H2,1H3. The van der Waals surface area contributed by atoms with Crippen molar-refractivity contribution in [2.45, 2.75) is 50.0 Å². The van der Waals surface area contributed by atoms with Crippen LogP contribution >= 0.6 is 0 Å². The van der Waals surface area contributed by atoms with Crippen LogP contribution in [0.15, 0.2) is 24.3 Å². The highest BCUT2D eigenvalue weighted by Gasteiger charge is 2.32. The van der Waals surface area contributed by atoms with Crippen LogP contribution in [0.3, 0.4) is 0 Å². The summed E-state index contributed by atoms with van der Waals surface area (Å²) in [5, 5.41) is 13.3. The predicted molar refractivity (Wildman–Crippen MR) is 77.5 cm³/mol. The molecule has 0 aliphatic heterocycles. The van der Waals surface area contributed by atoms with Crippen molar-refractivity contribution < 1.29 is 23.0 Å². The number of methoxy groups -OCH3 is 1. The fourth-order valence-electron chi connectivity index (χ4n) is 2.90. The van der Waals surface area contributed by atoms with Crippen LogP contribution in [0.1, 0.15) is 42.9 Å². The third kappa shape index (κ3) is 4.44. The fourth-order valence-corrected chi connectivity index (χ4v) is 2.90. The van der Waals surface area contributed by atoms with Gasteiger partial charge in [0.2, 0.25) is 0 Å². The number of benzene rings is 1. The summed E-state index contributed by atoms with van der Waals surface area (Å²) in [6.07, 6.45) is -1.29. The molecule has 0 saturated heterocycles. The Labute approximate surface area is 128 Å². The molecule has 0 aromatic heterocycles. The Kier molecular flexibility index (Phi) is 5.83. The second-order valence-corrected chi connectivity index (χ2v) is 5.76. The summed E-state index contributed by atoms with van der Waals surface area (Å²) >= 11 is 0.